The van der Waals surface area contributed by atoms with Crippen LogP contribution in [-0.2, 0) is 11.3 Å². The fourth-order valence-electron chi connectivity index (χ4n) is 1.21. The molecule has 0 amide bonds. The molecule has 0 aliphatic heterocycles. The second kappa shape index (κ2) is 6.93. The smallest absolute Gasteiger partial charge is 0.364 e. The molecule has 0 aliphatic rings. The molecule has 3 N–H and O–H groups in total. The van der Waals surface area contributed by atoms with Crippen LogP contribution in [0.4, 0.5) is 4.79 Å². The maximum absolute atomic E-state index is 10.9. The van der Waals surface area contributed by atoms with Crippen LogP contribution in [0.1, 0.15) is 5.56 Å². The quantitative estimate of drug-likeness (QED) is 0.716. The molecular formula is C11H13NO4S. The zero-order valence-electron chi connectivity index (χ0n) is 9.00. The van der Waals surface area contributed by atoms with Crippen molar-refractivity contribution >= 4 is 23.0 Å². The number of carboxylic acids is 1. The van der Waals surface area contributed by atoms with Gasteiger partial charge in [0, 0.05) is 12.3 Å². The molecule has 0 radical (unpaired) electrons. The summed E-state index contributed by atoms with van der Waals surface area (Å²) in [6, 6.07) is 8.47. The van der Waals surface area contributed by atoms with E-state index in [-0.39, 0.29) is 5.75 Å². The van der Waals surface area contributed by atoms with Gasteiger partial charge in [-0.1, -0.05) is 30.3 Å². The molecule has 1 aromatic rings. The first-order chi connectivity index (χ1) is 8.09. The van der Waals surface area contributed by atoms with Gasteiger partial charge in [0.05, 0.1) is 0 Å². The predicted molar refractivity (Wildman–Crippen MR) is 65.2 cm³/mol. The molecule has 5 nitrogen and oxygen atoms in total. The van der Waals surface area contributed by atoms with Gasteiger partial charge in [0.2, 0.25) is 0 Å². The third-order valence-electron chi connectivity index (χ3n) is 2.07. The minimum atomic E-state index is -1.07. The van der Waals surface area contributed by atoms with Crippen molar-refractivity contribution in [3.05, 3.63) is 35.9 Å². The number of nitrogens with one attached hydrogen (secondary N) is 1. The van der Waals surface area contributed by atoms with Crippen molar-refractivity contribution in [1.82, 2.24) is 5.32 Å². The first-order valence-corrected chi connectivity index (χ1v) is 5.94. The highest BCUT2D eigenvalue weighted by Crippen LogP contribution is 2.05. The lowest BCUT2D eigenvalue weighted by atomic mass is 10.2. The van der Waals surface area contributed by atoms with E-state index < -0.39 is 17.3 Å². The summed E-state index contributed by atoms with van der Waals surface area (Å²) in [5, 5.41) is 19.1. The molecule has 1 aromatic carbocycles. The van der Waals surface area contributed by atoms with Crippen LogP contribution in [0.2, 0.25) is 0 Å². The Morgan fingerprint density at radius 3 is 2.41 bits per heavy atom. The fourth-order valence-corrected chi connectivity index (χ4v) is 1.78. The summed E-state index contributed by atoms with van der Waals surface area (Å²) in [6.45, 7) is 0.401. The molecule has 0 unspecified atom stereocenters. The van der Waals surface area contributed by atoms with Crippen molar-refractivity contribution in [3.8, 4) is 0 Å². The van der Waals surface area contributed by atoms with Gasteiger partial charge in [-0.2, -0.15) is 0 Å². The van der Waals surface area contributed by atoms with Gasteiger partial charge in [-0.3, -0.25) is 10.1 Å². The average Bonchev–Trinajstić information content (AvgIpc) is 2.29. The van der Waals surface area contributed by atoms with Gasteiger partial charge in [-0.05, 0) is 17.3 Å². The normalized spacial score (nSPS) is 12.0. The molecule has 1 rings (SSSR count). The van der Waals surface area contributed by atoms with Gasteiger partial charge < -0.3 is 10.2 Å². The van der Waals surface area contributed by atoms with Crippen LogP contribution in [0.15, 0.2) is 30.3 Å². The van der Waals surface area contributed by atoms with Gasteiger partial charge in [0.25, 0.3) is 0 Å². The van der Waals surface area contributed by atoms with E-state index in [1.54, 1.807) is 0 Å². The highest BCUT2D eigenvalue weighted by Gasteiger charge is 2.18. The molecule has 6 heteroatoms. The summed E-state index contributed by atoms with van der Waals surface area (Å²) in [5.74, 6) is -1.05. The molecule has 1 atom stereocenters. The zero-order valence-corrected chi connectivity index (χ0v) is 9.81. The third-order valence-corrected chi connectivity index (χ3v) is 2.81. The molecule has 17 heavy (non-hydrogen) atoms. The first kappa shape index (κ1) is 13.5. The Kier molecular flexibility index (Phi) is 5.51. The maximum Gasteiger partial charge on any atom is 0.364 e. The Morgan fingerprint density at radius 1 is 1.24 bits per heavy atom. The van der Waals surface area contributed by atoms with Gasteiger partial charge in [0.15, 0.2) is 0 Å². The molecular weight excluding hydrogens is 242 g/mol. The Hall–Kier alpha value is -1.53. The highest BCUT2D eigenvalue weighted by atomic mass is 32.2. The van der Waals surface area contributed by atoms with Gasteiger partial charge in [0.1, 0.15) is 6.04 Å². The second-order valence-corrected chi connectivity index (χ2v) is 4.31. The van der Waals surface area contributed by atoms with E-state index in [0.717, 1.165) is 5.56 Å². The van der Waals surface area contributed by atoms with E-state index in [1.807, 2.05) is 30.3 Å². The van der Waals surface area contributed by atoms with Crippen molar-refractivity contribution in [1.29, 1.82) is 0 Å². The lowest BCUT2D eigenvalue weighted by Gasteiger charge is -2.12. The zero-order chi connectivity index (χ0) is 12.7. The Morgan fingerprint density at radius 2 is 1.88 bits per heavy atom. The SMILES string of the molecule is O=C(O)SC[C@H](NCc1ccccc1)C(=O)O. The van der Waals surface area contributed by atoms with Crippen molar-refractivity contribution in [2.75, 3.05) is 5.75 Å². The minimum absolute atomic E-state index is 0.00248. The van der Waals surface area contributed by atoms with E-state index in [9.17, 15) is 9.59 Å². The molecule has 0 saturated heterocycles. The van der Waals surface area contributed by atoms with Crippen molar-refractivity contribution in [2.24, 2.45) is 0 Å². The number of rotatable bonds is 6. The molecule has 0 spiro atoms. The fraction of sp³-hybridized carbons (Fsp3) is 0.273. The number of thioether (sulfide) groups is 1. The third kappa shape index (κ3) is 5.37. The standard InChI is InChI=1S/C11H13NO4S/c13-10(14)9(7-17-11(15)16)12-6-8-4-2-1-3-5-8/h1-5,9,12H,6-7H2,(H,13,14)(H,15,16)/t9-/m0/s1. The number of benzene rings is 1. The van der Waals surface area contributed by atoms with Crippen molar-refractivity contribution in [3.63, 3.8) is 0 Å². The summed E-state index contributed by atoms with van der Waals surface area (Å²) in [7, 11) is 0. The van der Waals surface area contributed by atoms with Crippen molar-refractivity contribution < 1.29 is 19.8 Å². The highest BCUT2D eigenvalue weighted by molar-refractivity contribution is 8.13. The number of carbonyl (C=O) groups is 2. The Balaban J connectivity index is 2.45. The summed E-state index contributed by atoms with van der Waals surface area (Å²) >= 11 is 0.576. The summed E-state index contributed by atoms with van der Waals surface area (Å²) in [4.78, 5) is 21.2. The van der Waals surface area contributed by atoms with Gasteiger partial charge in [-0.15, -0.1) is 0 Å². The van der Waals surface area contributed by atoms with Crippen molar-refractivity contribution in [2.45, 2.75) is 12.6 Å². The predicted octanol–water partition coefficient (Wildman–Crippen LogP) is 1.64. The van der Waals surface area contributed by atoms with Gasteiger partial charge in [-0.25, -0.2) is 4.79 Å². The average molecular weight is 255 g/mol. The Bertz CT molecular complexity index is 382. The monoisotopic (exact) mass is 255 g/mol. The molecule has 0 aromatic heterocycles. The van der Waals surface area contributed by atoms with Crippen LogP contribution in [0.25, 0.3) is 0 Å². The lowest BCUT2D eigenvalue weighted by Crippen LogP contribution is -2.38. The van der Waals surface area contributed by atoms with Crippen LogP contribution >= 0.6 is 11.8 Å². The number of carboxylic acid groups (broad SMARTS) is 2. The van der Waals surface area contributed by atoms with E-state index in [2.05, 4.69) is 5.32 Å². The van der Waals surface area contributed by atoms with Gasteiger partial charge >= 0.3 is 11.3 Å². The number of aliphatic carboxylic acids is 1. The second-order valence-electron chi connectivity index (χ2n) is 3.33. The molecule has 0 bridgehead atoms. The molecule has 0 saturated carbocycles. The van der Waals surface area contributed by atoms with E-state index in [4.69, 9.17) is 10.2 Å². The van der Waals surface area contributed by atoms with Crippen LogP contribution in [0, 0.1) is 0 Å². The molecule has 92 valence electrons. The van der Waals surface area contributed by atoms with Crippen LogP contribution in [-0.4, -0.2) is 33.3 Å². The number of hydrogen-bond acceptors (Lipinski definition) is 4. The van der Waals surface area contributed by atoms with Crippen LogP contribution < -0.4 is 5.32 Å². The molecule has 0 aliphatic carbocycles. The minimum Gasteiger partial charge on any atom is -0.480 e. The largest absolute Gasteiger partial charge is 0.480 e. The van der Waals surface area contributed by atoms with E-state index >= 15 is 0 Å². The lowest BCUT2D eigenvalue weighted by molar-refractivity contribution is -0.138. The first-order valence-electron chi connectivity index (χ1n) is 4.95. The van der Waals surface area contributed by atoms with Crippen LogP contribution in [0.5, 0.6) is 0 Å². The topological polar surface area (TPSA) is 86.6 Å². The van der Waals surface area contributed by atoms with E-state index in [1.165, 1.54) is 0 Å². The Labute approximate surface area is 103 Å². The molecule has 0 heterocycles. The van der Waals surface area contributed by atoms with Crippen LogP contribution in [0.3, 0.4) is 0 Å². The summed E-state index contributed by atoms with van der Waals surface area (Å²) < 4.78 is 0. The summed E-state index contributed by atoms with van der Waals surface area (Å²) in [5.41, 5.74) is 0.957. The number of hydrogen-bond donors (Lipinski definition) is 3. The molecule has 0 fully saturated rings. The van der Waals surface area contributed by atoms with E-state index in [0.29, 0.717) is 18.3 Å². The maximum atomic E-state index is 10.9. The summed E-state index contributed by atoms with van der Waals surface area (Å²) in [6.07, 6.45) is 0.